The summed E-state index contributed by atoms with van der Waals surface area (Å²) in [7, 11) is 0. The average molecular weight is 1030 g/mol. The standard InChI is InChI=1S/C51H60ClF2N9O8S/c1-31-44(72-30-58-31)34-10-8-32(9-11-34)25-57-48(67)41-24-37(64)28-61(41)49(68)45(50(2,3)4)62(36-12-14-38(15-13-36)71-51(52,53)54)42(65)18-22-69-29-33-17-20-60(27-33)47-39(23-35(26-56-47)46(55)66)40-16-19-59-63(40)43-7-5-6-21-70-43/h8-16,19,23,26,30,33,37,41,43,45,64H,5-7,17-18,20-22,24-25,27-29H2,1-4H3,(H2,55,66)(H,57,67)/t33-,37+,41-,43?,45+/m0/s1. The van der Waals surface area contributed by atoms with E-state index in [1.807, 2.05) is 41.9 Å². The molecule has 17 nitrogen and oxygen atoms in total. The molecule has 2 aromatic carbocycles. The molecular formula is C51H60ClF2N9O8S. The number of nitrogens with one attached hydrogen (secondary N) is 1. The van der Waals surface area contributed by atoms with Crippen LogP contribution in [0.1, 0.15) is 87.1 Å². The molecule has 5 atom stereocenters. The number of pyridine rings is 1. The third-order valence-electron chi connectivity index (χ3n) is 13.1. The van der Waals surface area contributed by atoms with Crippen molar-refractivity contribution in [3.63, 3.8) is 0 Å². The fraction of sp³-hybridized carbons (Fsp3) is 0.471. The number of anilines is 2. The molecule has 21 heteroatoms. The third-order valence-corrected chi connectivity index (χ3v) is 14.2. The van der Waals surface area contributed by atoms with Crippen molar-refractivity contribution in [1.29, 1.82) is 0 Å². The van der Waals surface area contributed by atoms with E-state index in [4.69, 9.17) is 31.8 Å². The molecule has 4 N–H and O–H groups in total. The number of halogens is 3. The molecule has 3 aromatic heterocycles. The van der Waals surface area contributed by atoms with Gasteiger partial charge in [-0.1, -0.05) is 45.0 Å². The van der Waals surface area contributed by atoms with Gasteiger partial charge in [0.25, 0.3) is 0 Å². The van der Waals surface area contributed by atoms with E-state index in [0.29, 0.717) is 37.7 Å². The largest absolute Gasteiger partial charge is 0.487 e. The Balaban J connectivity index is 0.956. The maximum Gasteiger partial charge on any atom is 0.487 e. The number of aryl methyl sites for hydroxylation is 1. The number of amides is 4. The number of likely N-dealkylation sites (tertiary alicyclic amines) is 1. The second-order valence-electron chi connectivity index (χ2n) is 19.5. The van der Waals surface area contributed by atoms with Gasteiger partial charge in [-0.25, -0.2) is 14.6 Å². The van der Waals surface area contributed by atoms with Gasteiger partial charge in [0.05, 0.1) is 53.1 Å². The quantitative estimate of drug-likeness (QED) is 0.0584. The van der Waals surface area contributed by atoms with Gasteiger partial charge in [-0.05, 0) is 85.5 Å². The first-order valence-electron chi connectivity index (χ1n) is 24.1. The number of hydrogen-bond acceptors (Lipinski definition) is 13. The number of nitrogens with two attached hydrogens (primary N) is 1. The van der Waals surface area contributed by atoms with Crippen LogP contribution < -0.4 is 25.6 Å². The summed E-state index contributed by atoms with van der Waals surface area (Å²) in [6.45, 7) is 9.40. The molecule has 0 spiro atoms. The Morgan fingerprint density at radius 2 is 1.81 bits per heavy atom. The fourth-order valence-electron chi connectivity index (χ4n) is 9.63. The van der Waals surface area contributed by atoms with Crippen molar-refractivity contribution in [3.05, 3.63) is 95.4 Å². The molecule has 1 unspecified atom stereocenters. The Morgan fingerprint density at radius 1 is 1.04 bits per heavy atom. The molecular weight excluding hydrogens is 972 g/mol. The van der Waals surface area contributed by atoms with Crippen LogP contribution in [0.3, 0.4) is 0 Å². The number of aliphatic hydroxyl groups excluding tert-OH is 1. The van der Waals surface area contributed by atoms with E-state index in [1.165, 1.54) is 40.3 Å². The predicted octanol–water partition coefficient (Wildman–Crippen LogP) is 7.30. The number of hydrogen-bond donors (Lipinski definition) is 3. The predicted molar refractivity (Wildman–Crippen MR) is 267 cm³/mol. The molecule has 3 saturated heterocycles. The van der Waals surface area contributed by atoms with E-state index in [2.05, 4.69) is 25.0 Å². The van der Waals surface area contributed by atoms with Crippen LogP contribution in [0.4, 0.5) is 20.3 Å². The Labute approximate surface area is 425 Å². The first kappa shape index (κ1) is 52.3. The highest BCUT2D eigenvalue weighted by atomic mass is 35.5. The van der Waals surface area contributed by atoms with Crippen LogP contribution in [-0.4, -0.2) is 117 Å². The number of carbonyl (C=O) groups excluding carboxylic acids is 4. The number of ether oxygens (including phenoxy) is 3. The van der Waals surface area contributed by atoms with Gasteiger partial charge in [0.15, 0.2) is 6.23 Å². The zero-order valence-electron chi connectivity index (χ0n) is 40.6. The van der Waals surface area contributed by atoms with Gasteiger partial charge < -0.3 is 40.2 Å². The smallest absolute Gasteiger partial charge is 0.420 e. The second-order valence-corrected chi connectivity index (χ2v) is 20.8. The second kappa shape index (κ2) is 22.4. The number of thiazole rings is 1. The van der Waals surface area contributed by atoms with Gasteiger partial charge in [0.1, 0.15) is 23.7 Å². The Bertz CT molecular complexity index is 2710. The number of carbonyl (C=O) groups is 4. The van der Waals surface area contributed by atoms with E-state index in [-0.39, 0.29) is 61.7 Å². The molecule has 0 aliphatic carbocycles. The SMILES string of the molecule is Cc1ncsc1-c1ccc(CNC(=O)[C@@H]2C[C@@H](O)CN2C(=O)[C@@H](N(C(=O)CCOC[C@H]2CCN(c3ncc(C(N)=O)cc3-c3ccnn3C3CCCCO3)C2)c2ccc(OC(F)(F)Cl)cc2)C(C)(C)C)cc1. The number of primary amides is 1. The highest BCUT2D eigenvalue weighted by Gasteiger charge is 2.48. The van der Waals surface area contributed by atoms with Crippen molar-refractivity contribution < 1.29 is 47.3 Å². The van der Waals surface area contributed by atoms with E-state index < -0.39 is 52.8 Å². The van der Waals surface area contributed by atoms with Crippen LogP contribution in [0, 0.1) is 18.3 Å². The summed E-state index contributed by atoms with van der Waals surface area (Å²) in [5.41, 5.74) is 7.20. The Morgan fingerprint density at radius 3 is 2.47 bits per heavy atom. The fourth-order valence-corrected chi connectivity index (χ4v) is 10.5. The van der Waals surface area contributed by atoms with Crippen molar-refractivity contribution in [2.75, 3.05) is 49.3 Å². The highest BCUT2D eigenvalue weighted by molar-refractivity contribution is 7.13. The molecule has 8 rings (SSSR count). The minimum absolute atomic E-state index is 0.0205. The number of alkyl halides is 3. The maximum atomic E-state index is 15.0. The number of rotatable bonds is 18. The number of aliphatic hydroxyl groups is 1. The van der Waals surface area contributed by atoms with Crippen LogP contribution >= 0.6 is 22.9 Å². The average Bonchev–Trinajstić information content (AvgIpc) is 4.19. The molecule has 0 saturated carbocycles. The minimum atomic E-state index is -3.99. The van der Waals surface area contributed by atoms with Crippen LogP contribution in [0.5, 0.6) is 5.75 Å². The van der Waals surface area contributed by atoms with Crippen LogP contribution in [0.25, 0.3) is 21.7 Å². The molecule has 3 aliphatic heterocycles. The number of aromatic nitrogens is 4. The normalized spacial score (nSPS) is 19.8. The van der Waals surface area contributed by atoms with Crippen molar-refractivity contribution in [2.24, 2.45) is 17.1 Å². The lowest BCUT2D eigenvalue weighted by Crippen LogP contribution is -2.59. The lowest BCUT2D eigenvalue weighted by Gasteiger charge is -2.42. The molecule has 4 amide bonds. The summed E-state index contributed by atoms with van der Waals surface area (Å²) in [5, 5.41) is 18.4. The van der Waals surface area contributed by atoms with Gasteiger partial charge in [0.2, 0.25) is 23.6 Å². The first-order valence-corrected chi connectivity index (χ1v) is 25.3. The zero-order valence-corrected chi connectivity index (χ0v) is 42.2. The molecule has 384 valence electrons. The molecule has 3 aliphatic rings. The Kier molecular flexibility index (Phi) is 16.2. The number of β-amino-alcohol motifs (C(OH)–C–C–N with tert-alkyl or cyclic N) is 1. The summed E-state index contributed by atoms with van der Waals surface area (Å²) in [6, 6.07) is 14.3. The lowest BCUT2D eigenvalue weighted by atomic mass is 9.83. The molecule has 5 aromatic rings. The van der Waals surface area contributed by atoms with Crippen molar-refractivity contribution in [1.82, 2.24) is 30.0 Å². The van der Waals surface area contributed by atoms with E-state index >= 15 is 4.79 Å². The van der Waals surface area contributed by atoms with Crippen molar-refractivity contribution in [2.45, 2.75) is 103 Å². The molecule has 0 radical (unpaired) electrons. The maximum absolute atomic E-state index is 15.0. The van der Waals surface area contributed by atoms with Gasteiger partial charge in [-0.2, -0.15) is 5.10 Å². The summed E-state index contributed by atoms with van der Waals surface area (Å²) in [5.74, 6) is -1.73. The van der Waals surface area contributed by atoms with Gasteiger partial charge in [0, 0.05) is 80.4 Å². The van der Waals surface area contributed by atoms with Gasteiger partial charge >= 0.3 is 5.57 Å². The topological polar surface area (TPSA) is 208 Å². The van der Waals surface area contributed by atoms with Gasteiger partial charge in [-0.3, -0.25) is 24.1 Å². The van der Waals surface area contributed by atoms with Crippen molar-refractivity contribution >= 4 is 58.1 Å². The lowest BCUT2D eigenvalue weighted by molar-refractivity contribution is -0.142. The molecule has 3 fully saturated rings. The monoisotopic (exact) mass is 1030 g/mol. The molecule has 0 bridgehead atoms. The molecule has 72 heavy (non-hydrogen) atoms. The summed E-state index contributed by atoms with van der Waals surface area (Å²) >= 11 is 6.59. The summed E-state index contributed by atoms with van der Waals surface area (Å²) in [6.07, 6.45) is 5.23. The third kappa shape index (κ3) is 12.4. The number of benzene rings is 2. The van der Waals surface area contributed by atoms with Crippen LogP contribution in [0.15, 0.2) is 78.6 Å². The molecule has 6 heterocycles. The van der Waals surface area contributed by atoms with Crippen LogP contribution in [-0.2, 0) is 30.4 Å². The van der Waals surface area contributed by atoms with E-state index in [0.717, 1.165) is 53.1 Å². The highest BCUT2D eigenvalue weighted by Crippen LogP contribution is 2.38. The number of nitrogens with zero attached hydrogens (tertiary/aromatic N) is 7. The summed E-state index contributed by atoms with van der Waals surface area (Å²) < 4.78 is 45.9. The first-order chi connectivity index (χ1) is 34.3. The Hall–Kier alpha value is -6.06. The van der Waals surface area contributed by atoms with Crippen molar-refractivity contribution in [3.8, 4) is 27.4 Å². The minimum Gasteiger partial charge on any atom is -0.420 e. The van der Waals surface area contributed by atoms with E-state index in [1.54, 1.807) is 49.9 Å². The van der Waals surface area contributed by atoms with E-state index in [9.17, 15) is 28.3 Å². The zero-order chi connectivity index (χ0) is 51.3. The summed E-state index contributed by atoms with van der Waals surface area (Å²) in [4.78, 5) is 70.7. The van der Waals surface area contributed by atoms with Gasteiger partial charge in [-0.15, -0.1) is 20.1 Å². The van der Waals surface area contributed by atoms with Crippen LogP contribution in [0.2, 0.25) is 0 Å².